The average molecular weight is 409 g/mol. The van der Waals surface area contributed by atoms with Crippen molar-refractivity contribution in [2.45, 2.75) is 22.0 Å². The third-order valence-electron chi connectivity index (χ3n) is 1.44. The lowest BCUT2D eigenvalue weighted by molar-refractivity contribution is 0.195. The molecule has 4 nitrogen and oxygen atoms in total. The highest BCUT2D eigenvalue weighted by Gasteiger charge is 2.23. The van der Waals surface area contributed by atoms with E-state index in [1.165, 1.54) is 0 Å². The first-order valence-corrected chi connectivity index (χ1v) is 8.38. The molecule has 0 bridgehead atoms. The Hall–Kier alpha value is 1.65. The second-order valence-electron chi connectivity index (χ2n) is 2.81. The molecule has 0 rings (SSSR count). The molecule has 0 aromatic carbocycles. The van der Waals surface area contributed by atoms with Gasteiger partial charge in [-0.1, -0.05) is 31.9 Å². The second-order valence-corrected chi connectivity index (χ2v) is 7.11. The molecule has 0 aliphatic rings. The molecule has 0 heterocycles. The van der Waals surface area contributed by atoms with Gasteiger partial charge in [0.05, 0.1) is 17.4 Å². The first-order valence-electron chi connectivity index (χ1n) is 3.94. The lowest BCUT2D eigenvalue weighted by Crippen LogP contribution is -2.23. The average Bonchev–Trinajstić information content (AvgIpc) is 2.12. The quantitative estimate of drug-likeness (QED) is 0.502. The Kier molecular flexibility index (Phi) is 8.74. The van der Waals surface area contributed by atoms with Crippen molar-refractivity contribution in [3.63, 3.8) is 0 Å². The minimum absolute atomic E-state index is 0.163. The van der Waals surface area contributed by atoms with E-state index >= 15 is 0 Å². The van der Waals surface area contributed by atoms with Crippen molar-refractivity contribution in [2.75, 3.05) is 11.9 Å². The van der Waals surface area contributed by atoms with Gasteiger partial charge in [0.2, 0.25) is 0 Å². The monoisotopic (exact) mass is 406 g/mol. The van der Waals surface area contributed by atoms with Crippen molar-refractivity contribution in [2.24, 2.45) is 0 Å². The van der Waals surface area contributed by atoms with Gasteiger partial charge in [0, 0.05) is 10.2 Å². The van der Waals surface area contributed by atoms with E-state index in [-0.39, 0.29) is 11.4 Å². The SMILES string of the molecule is O=P(O)(O)OCC(Cl)C(Cl)CC(Br)CBr. The van der Waals surface area contributed by atoms with Crippen LogP contribution in [0.4, 0.5) is 0 Å². The van der Waals surface area contributed by atoms with Crippen LogP contribution in [0.25, 0.3) is 0 Å². The molecule has 0 aliphatic heterocycles. The van der Waals surface area contributed by atoms with Crippen LogP contribution in [0.1, 0.15) is 6.42 Å². The molecule has 0 aliphatic carbocycles. The molecule has 2 N–H and O–H groups in total. The highest BCUT2D eigenvalue weighted by atomic mass is 79.9. The Balaban J connectivity index is 3.89. The number of hydrogen-bond donors (Lipinski definition) is 2. The van der Waals surface area contributed by atoms with E-state index in [9.17, 15) is 4.57 Å². The van der Waals surface area contributed by atoms with E-state index < -0.39 is 18.6 Å². The van der Waals surface area contributed by atoms with Crippen LogP contribution in [-0.4, -0.2) is 37.3 Å². The summed E-state index contributed by atoms with van der Waals surface area (Å²) in [5.41, 5.74) is 0. The van der Waals surface area contributed by atoms with Gasteiger partial charge in [-0.15, -0.1) is 23.2 Å². The van der Waals surface area contributed by atoms with Crippen molar-refractivity contribution < 1.29 is 18.9 Å². The van der Waals surface area contributed by atoms with Crippen molar-refractivity contribution in [3.05, 3.63) is 0 Å². The Morgan fingerprint density at radius 1 is 1.33 bits per heavy atom. The van der Waals surface area contributed by atoms with Crippen LogP contribution in [0.5, 0.6) is 0 Å². The molecule has 0 aromatic heterocycles. The topological polar surface area (TPSA) is 66.8 Å². The minimum atomic E-state index is -4.46. The number of phosphoric ester groups is 1. The molecule has 0 amide bonds. The van der Waals surface area contributed by atoms with E-state index in [0.29, 0.717) is 6.42 Å². The van der Waals surface area contributed by atoms with Crippen molar-refractivity contribution in [1.29, 1.82) is 0 Å². The third kappa shape index (κ3) is 9.36. The fraction of sp³-hybridized carbons (Fsp3) is 1.00. The zero-order valence-electron chi connectivity index (χ0n) is 7.52. The van der Waals surface area contributed by atoms with Gasteiger partial charge in [-0.2, -0.15) is 0 Å². The van der Waals surface area contributed by atoms with Crippen LogP contribution < -0.4 is 0 Å². The molecule has 0 saturated heterocycles. The zero-order chi connectivity index (χ0) is 12.1. The van der Waals surface area contributed by atoms with Crippen LogP contribution in [-0.2, 0) is 9.09 Å². The minimum Gasteiger partial charge on any atom is -0.303 e. The van der Waals surface area contributed by atoms with E-state index in [0.717, 1.165) is 5.33 Å². The predicted octanol–water partition coefficient (Wildman–Crippen LogP) is 2.86. The summed E-state index contributed by atoms with van der Waals surface area (Å²) in [6, 6.07) is 0. The molecule has 0 aromatic rings. The lowest BCUT2D eigenvalue weighted by atomic mass is 10.2. The van der Waals surface area contributed by atoms with Crippen LogP contribution in [0.15, 0.2) is 0 Å². The first kappa shape index (κ1) is 16.6. The summed E-state index contributed by atoms with van der Waals surface area (Å²) in [7, 11) is -4.46. The number of rotatable bonds is 7. The summed E-state index contributed by atoms with van der Waals surface area (Å²) in [5.74, 6) is 0. The normalized spacial score (nSPS) is 18.5. The van der Waals surface area contributed by atoms with Crippen molar-refractivity contribution in [1.82, 2.24) is 0 Å². The van der Waals surface area contributed by atoms with E-state index in [1.807, 2.05) is 0 Å². The number of hydrogen-bond acceptors (Lipinski definition) is 2. The summed E-state index contributed by atoms with van der Waals surface area (Å²) in [6.07, 6.45) is 0.575. The van der Waals surface area contributed by atoms with Gasteiger partial charge in [-0.05, 0) is 6.42 Å². The Bertz CT molecular complexity index is 227. The fourth-order valence-corrected chi connectivity index (χ4v) is 2.51. The molecule has 3 unspecified atom stereocenters. The maximum atomic E-state index is 10.4. The standard InChI is InChI=1S/C6H11Br2Cl2O4P/c7-2-4(8)1-5(9)6(10)3-14-15(11,12)13/h4-6H,1-3H2,(H2,11,12,13). The lowest BCUT2D eigenvalue weighted by Gasteiger charge is -2.18. The predicted molar refractivity (Wildman–Crippen MR) is 68.4 cm³/mol. The van der Waals surface area contributed by atoms with Gasteiger partial charge in [0.15, 0.2) is 0 Å². The smallest absolute Gasteiger partial charge is 0.303 e. The van der Waals surface area contributed by atoms with Gasteiger partial charge < -0.3 is 9.79 Å². The molecular weight excluding hydrogens is 398 g/mol. The summed E-state index contributed by atoms with van der Waals surface area (Å²) in [6.45, 7) is -0.276. The van der Waals surface area contributed by atoms with Gasteiger partial charge >= 0.3 is 7.82 Å². The largest absolute Gasteiger partial charge is 0.469 e. The highest BCUT2D eigenvalue weighted by molar-refractivity contribution is 9.12. The summed E-state index contributed by atoms with van der Waals surface area (Å²) in [5, 5.41) is -0.336. The summed E-state index contributed by atoms with van der Waals surface area (Å²) < 4.78 is 14.6. The van der Waals surface area contributed by atoms with Crippen LogP contribution in [0, 0.1) is 0 Å². The molecule has 0 saturated carbocycles. The Morgan fingerprint density at radius 2 is 1.87 bits per heavy atom. The molecule has 3 atom stereocenters. The molecule has 0 spiro atoms. The van der Waals surface area contributed by atoms with Crippen LogP contribution in [0.2, 0.25) is 0 Å². The molecule has 9 heteroatoms. The maximum absolute atomic E-state index is 10.4. The van der Waals surface area contributed by atoms with Crippen LogP contribution >= 0.6 is 62.9 Å². The van der Waals surface area contributed by atoms with Gasteiger partial charge in [-0.25, -0.2) is 4.57 Å². The Labute approximate surface area is 115 Å². The van der Waals surface area contributed by atoms with Crippen LogP contribution in [0.3, 0.4) is 0 Å². The number of alkyl halides is 4. The molecule has 15 heavy (non-hydrogen) atoms. The van der Waals surface area contributed by atoms with E-state index in [4.69, 9.17) is 33.0 Å². The number of halogens is 4. The van der Waals surface area contributed by atoms with Gasteiger partial charge in [0.1, 0.15) is 0 Å². The maximum Gasteiger partial charge on any atom is 0.469 e. The highest BCUT2D eigenvalue weighted by Crippen LogP contribution is 2.36. The molecule has 0 fully saturated rings. The summed E-state index contributed by atoms with van der Waals surface area (Å²) >= 11 is 18.3. The third-order valence-corrected chi connectivity index (χ3v) is 5.32. The van der Waals surface area contributed by atoms with Crippen molar-refractivity contribution >= 4 is 62.9 Å². The zero-order valence-corrected chi connectivity index (χ0v) is 13.1. The van der Waals surface area contributed by atoms with E-state index in [2.05, 4.69) is 36.4 Å². The second kappa shape index (κ2) is 7.88. The molecule has 0 radical (unpaired) electrons. The molecular formula is C6H11Br2Cl2O4P. The van der Waals surface area contributed by atoms with E-state index in [1.54, 1.807) is 0 Å². The first-order chi connectivity index (χ1) is 6.76. The van der Waals surface area contributed by atoms with Gasteiger partial charge in [-0.3, -0.25) is 4.52 Å². The Morgan fingerprint density at radius 3 is 2.27 bits per heavy atom. The van der Waals surface area contributed by atoms with Crippen molar-refractivity contribution in [3.8, 4) is 0 Å². The number of phosphoric acid groups is 1. The molecule has 92 valence electrons. The summed E-state index contributed by atoms with van der Waals surface area (Å²) in [4.78, 5) is 17.1. The fourth-order valence-electron chi connectivity index (χ4n) is 0.728. The van der Waals surface area contributed by atoms with Gasteiger partial charge in [0.25, 0.3) is 0 Å².